The first kappa shape index (κ1) is 18.1. The predicted molar refractivity (Wildman–Crippen MR) is 102 cm³/mol. The highest BCUT2D eigenvalue weighted by molar-refractivity contribution is 6.35. The van der Waals surface area contributed by atoms with Crippen LogP contribution in [-0.2, 0) is 9.59 Å². The molecular formula is C18H15Cl3N2O2. The molecule has 3 rings (SSSR count). The van der Waals surface area contributed by atoms with E-state index in [0.717, 1.165) is 11.3 Å². The quantitative estimate of drug-likeness (QED) is 0.797. The Labute approximate surface area is 160 Å². The fourth-order valence-corrected chi connectivity index (χ4v) is 3.57. The second-order valence-corrected chi connectivity index (χ2v) is 7.22. The van der Waals surface area contributed by atoms with Crippen LogP contribution < -0.4 is 10.2 Å². The highest BCUT2D eigenvalue weighted by Crippen LogP contribution is 2.32. The van der Waals surface area contributed by atoms with E-state index in [4.69, 9.17) is 34.8 Å². The van der Waals surface area contributed by atoms with E-state index in [9.17, 15) is 9.59 Å². The molecule has 0 bridgehead atoms. The van der Waals surface area contributed by atoms with Crippen LogP contribution in [-0.4, -0.2) is 18.4 Å². The second kappa shape index (κ2) is 7.24. The lowest BCUT2D eigenvalue weighted by Crippen LogP contribution is -2.28. The SMILES string of the molecule is Cc1c(Cl)cccc1N1C[C@H](C(=O)Nc2cc(Cl)cc(Cl)c2)CC1=O. The topological polar surface area (TPSA) is 49.4 Å². The number of halogens is 3. The van der Waals surface area contributed by atoms with Crippen molar-refractivity contribution in [2.24, 2.45) is 5.92 Å². The zero-order valence-electron chi connectivity index (χ0n) is 13.4. The van der Waals surface area contributed by atoms with E-state index < -0.39 is 5.92 Å². The molecule has 0 unspecified atom stereocenters. The van der Waals surface area contributed by atoms with Gasteiger partial charge in [-0.15, -0.1) is 0 Å². The Kier molecular flexibility index (Phi) is 5.23. The van der Waals surface area contributed by atoms with Crippen LogP contribution in [0.15, 0.2) is 36.4 Å². The first-order valence-electron chi connectivity index (χ1n) is 7.67. The van der Waals surface area contributed by atoms with Crippen molar-refractivity contribution in [2.45, 2.75) is 13.3 Å². The molecule has 2 amide bonds. The first-order valence-corrected chi connectivity index (χ1v) is 8.81. The van der Waals surface area contributed by atoms with Gasteiger partial charge in [-0.1, -0.05) is 40.9 Å². The molecule has 1 fully saturated rings. The zero-order chi connectivity index (χ0) is 18.1. The van der Waals surface area contributed by atoms with Crippen molar-refractivity contribution in [3.8, 4) is 0 Å². The molecule has 1 heterocycles. The lowest BCUT2D eigenvalue weighted by atomic mass is 10.1. The molecule has 0 aromatic heterocycles. The Balaban J connectivity index is 1.75. The molecule has 25 heavy (non-hydrogen) atoms. The highest BCUT2D eigenvalue weighted by atomic mass is 35.5. The molecule has 0 radical (unpaired) electrons. The van der Waals surface area contributed by atoms with E-state index in [1.165, 1.54) is 0 Å². The maximum atomic E-state index is 12.5. The number of carbonyl (C=O) groups excluding carboxylic acids is 2. The average molecular weight is 398 g/mol. The summed E-state index contributed by atoms with van der Waals surface area (Å²) in [6.45, 7) is 2.16. The maximum absolute atomic E-state index is 12.5. The Morgan fingerprint density at radius 2 is 1.84 bits per heavy atom. The summed E-state index contributed by atoms with van der Waals surface area (Å²) in [5, 5.41) is 4.22. The summed E-state index contributed by atoms with van der Waals surface area (Å²) >= 11 is 18.0. The lowest BCUT2D eigenvalue weighted by molar-refractivity contribution is -0.122. The molecule has 1 aliphatic heterocycles. The van der Waals surface area contributed by atoms with E-state index in [0.29, 0.717) is 27.3 Å². The predicted octanol–water partition coefficient (Wildman–Crippen LogP) is 4.95. The van der Waals surface area contributed by atoms with Crippen LogP contribution in [0.25, 0.3) is 0 Å². The number of nitrogens with zero attached hydrogens (tertiary/aromatic N) is 1. The Morgan fingerprint density at radius 3 is 2.52 bits per heavy atom. The standard InChI is InChI=1S/C18H15Cl3N2O2/c1-10-15(21)3-2-4-16(10)23-9-11(5-17(23)24)18(25)22-14-7-12(19)6-13(20)8-14/h2-4,6-8,11H,5,9H2,1H3,(H,22,25)/t11-/m1/s1. The van der Waals surface area contributed by atoms with Gasteiger partial charge in [0.2, 0.25) is 11.8 Å². The van der Waals surface area contributed by atoms with Gasteiger partial charge in [-0.2, -0.15) is 0 Å². The largest absolute Gasteiger partial charge is 0.326 e. The van der Waals surface area contributed by atoms with Crippen LogP contribution in [0.2, 0.25) is 15.1 Å². The molecular weight excluding hydrogens is 383 g/mol. The normalized spacial score (nSPS) is 17.0. The van der Waals surface area contributed by atoms with Gasteiger partial charge in [-0.05, 0) is 42.8 Å². The summed E-state index contributed by atoms with van der Waals surface area (Å²) in [6, 6.07) is 10.2. The number of rotatable bonds is 3. The molecule has 2 aromatic carbocycles. The summed E-state index contributed by atoms with van der Waals surface area (Å²) in [7, 11) is 0. The molecule has 1 aliphatic rings. The molecule has 1 atom stereocenters. The minimum Gasteiger partial charge on any atom is -0.326 e. The maximum Gasteiger partial charge on any atom is 0.229 e. The summed E-state index contributed by atoms with van der Waals surface area (Å²) in [5.41, 5.74) is 2.06. The van der Waals surface area contributed by atoms with Gasteiger partial charge >= 0.3 is 0 Å². The van der Waals surface area contributed by atoms with Crippen molar-refractivity contribution in [1.29, 1.82) is 0 Å². The molecule has 0 spiro atoms. The van der Waals surface area contributed by atoms with Crippen LogP contribution in [0.5, 0.6) is 0 Å². The van der Waals surface area contributed by atoms with Crippen molar-refractivity contribution < 1.29 is 9.59 Å². The number of anilines is 2. The van der Waals surface area contributed by atoms with Crippen molar-refractivity contribution in [3.63, 3.8) is 0 Å². The number of amides is 2. The van der Waals surface area contributed by atoms with Crippen molar-refractivity contribution in [2.75, 3.05) is 16.8 Å². The fraction of sp³-hybridized carbons (Fsp3) is 0.222. The smallest absolute Gasteiger partial charge is 0.229 e. The van der Waals surface area contributed by atoms with Crippen LogP contribution in [0, 0.1) is 12.8 Å². The van der Waals surface area contributed by atoms with E-state index in [1.807, 2.05) is 13.0 Å². The summed E-state index contributed by atoms with van der Waals surface area (Å²) in [5.74, 6) is -0.799. The fourth-order valence-electron chi connectivity index (χ4n) is 2.87. The number of carbonyl (C=O) groups is 2. The van der Waals surface area contributed by atoms with Gasteiger partial charge in [0.05, 0.1) is 5.92 Å². The van der Waals surface area contributed by atoms with Gasteiger partial charge in [0.15, 0.2) is 0 Å². The van der Waals surface area contributed by atoms with Gasteiger partial charge in [0.25, 0.3) is 0 Å². The van der Waals surface area contributed by atoms with Gasteiger partial charge in [-0.25, -0.2) is 0 Å². The molecule has 1 saturated heterocycles. The minimum atomic E-state index is -0.455. The van der Waals surface area contributed by atoms with Crippen molar-refractivity contribution >= 4 is 58.0 Å². The number of hydrogen-bond donors (Lipinski definition) is 1. The third kappa shape index (κ3) is 3.92. The Bertz CT molecular complexity index is 834. The van der Waals surface area contributed by atoms with Gasteiger partial charge < -0.3 is 10.2 Å². The van der Waals surface area contributed by atoms with Gasteiger partial charge in [0.1, 0.15) is 0 Å². The van der Waals surface area contributed by atoms with Gasteiger partial charge in [0, 0.05) is 39.4 Å². The van der Waals surface area contributed by atoms with E-state index >= 15 is 0 Å². The molecule has 2 aromatic rings. The van der Waals surface area contributed by atoms with Gasteiger partial charge in [-0.3, -0.25) is 9.59 Å². The van der Waals surface area contributed by atoms with E-state index in [1.54, 1.807) is 35.2 Å². The second-order valence-electron chi connectivity index (χ2n) is 5.94. The van der Waals surface area contributed by atoms with Crippen LogP contribution in [0.4, 0.5) is 11.4 Å². The number of hydrogen-bond acceptors (Lipinski definition) is 2. The van der Waals surface area contributed by atoms with Crippen molar-refractivity contribution in [1.82, 2.24) is 0 Å². The average Bonchev–Trinajstić information content (AvgIpc) is 2.91. The molecule has 7 heteroatoms. The molecule has 130 valence electrons. The number of benzene rings is 2. The van der Waals surface area contributed by atoms with Crippen LogP contribution in [0.1, 0.15) is 12.0 Å². The molecule has 0 saturated carbocycles. The first-order chi connectivity index (χ1) is 11.8. The summed E-state index contributed by atoms with van der Waals surface area (Å²) < 4.78 is 0. The molecule has 1 N–H and O–H groups in total. The summed E-state index contributed by atoms with van der Waals surface area (Å²) in [4.78, 5) is 26.5. The van der Waals surface area contributed by atoms with E-state index in [-0.39, 0.29) is 18.2 Å². The highest BCUT2D eigenvalue weighted by Gasteiger charge is 2.35. The Hall–Kier alpha value is -1.75. The third-order valence-corrected chi connectivity index (χ3v) is 5.00. The van der Waals surface area contributed by atoms with Crippen LogP contribution >= 0.6 is 34.8 Å². The molecule has 0 aliphatic carbocycles. The number of nitrogens with one attached hydrogen (secondary N) is 1. The third-order valence-electron chi connectivity index (χ3n) is 4.16. The van der Waals surface area contributed by atoms with Crippen molar-refractivity contribution in [3.05, 3.63) is 57.0 Å². The molecule has 4 nitrogen and oxygen atoms in total. The van der Waals surface area contributed by atoms with Crippen LogP contribution in [0.3, 0.4) is 0 Å². The minimum absolute atomic E-state index is 0.102. The Morgan fingerprint density at radius 1 is 1.16 bits per heavy atom. The summed E-state index contributed by atoms with van der Waals surface area (Å²) in [6.07, 6.45) is 0.145. The lowest BCUT2D eigenvalue weighted by Gasteiger charge is -2.19. The zero-order valence-corrected chi connectivity index (χ0v) is 15.6. The van der Waals surface area contributed by atoms with E-state index in [2.05, 4.69) is 5.32 Å². The monoisotopic (exact) mass is 396 g/mol.